The van der Waals surface area contributed by atoms with Crippen molar-refractivity contribution >= 4 is 5.65 Å². The third-order valence-electron chi connectivity index (χ3n) is 4.02. The minimum Gasteiger partial charge on any atom is -0.296 e. The van der Waals surface area contributed by atoms with E-state index < -0.39 is 0 Å². The second-order valence-corrected chi connectivity index (χ2v) is 5.70. The number of imidazole rings is 1. The first-order valence-electron chi connectivity index (χ1n) is 7.65. The fourth-order valence-corrected chi connectivity index (χ4v) is 2.77. The van der Waals surface area contributed by atoms with E-state index >= 15 is 0 Å². The summed E-state index contributed by atoms with van der Waals surface area (Å²) in [5.74, 6) is 0. The molecule has 0 N–H and O–H groups in total. The molecule has 0 saturated heterocycles. The molecule has 2 aromatic carbocycles. The maximum Gasteiger partial charge on any atom is 0.155 e. The van der Waals surface area contributed by atoms with Crippen LogP contribution >= 0.6 is 0 Å². The first kappa shape index (κ1) is 14.2. The van der Waals surface area contributed by atoms with Crippen LogP contribution in [0.1, 0.15) is 11.1 Å². The number of aryl methyl sites for hydroxylation is 1. The van der Waals surface area contributed by atoms with Gasteiger partial charge in [-0.05, 0) is 25.1 Å². The van der Waals surface area contributed by atoms with Gasteiger partial charge >= 0.3 is 0 Å². The monoisotopic (exact) mass is 310 g/mol. The molecule has 0 saturated carbocycles. The molecule has 24 heavy (non-hydrogen) atoms. The van der Waals surface area contributed by atoms with E-state index in [2.05, 4.69) is 41.2 Å². The Labute approximate surface area is 139 Å². The predicted molar refractivity (Wildman–Crippen MR) is 93.3 cm³/mol. The number of aromatic nitrogens is 3. The Balaban J connectivity index is 1.85. The van der Waals surface area contributed by atoms with Gasteiger partial charge in [0.1, 0.15) is 0 Å². The molecule has 4 nitrogen and oxygen atoms in total. The summed E-state index contributed by atoms with van der Waals surface area (Å²) in [5, 5.41) is 8.94. The zero-order valence-electron chi connectivity index (χ0n) is 13.1. The molecular formula is C20H14N4. The van der Waals surface area contributed by atoms with Crippen LogP contribution in [0, 0.1) is 18.3 Å². The van der Waals surface area contributed by atoms with Gasteiger partial charge in [0.05, 0.1) is 35.4 Å². The zero-order valence-corrected chi connectivity index (χ0v) is 13.1. The number of nitriles is 1. The quantitative estimate of drug-likeness (QED) is 0.556. The summed E-state index contributed by atoms with van der Waals surface area (Å²) in [4.78, 5) is 8.95. The Morgan fingerprint density at radius 3 is 2.54 bits per heavy atom. The molecule has 4 aromatic rings. The molecular weight excluding hydrogens is 296 g/mol. The lowest BCUT2D eigenvalue weighted by molar-refractivity contribution is 1.13. The van der Waals surface area contributed by atoms with Gasteiger partial charge in [0.25, 0.3) is 0 Å². The van der Waals surface area contributed by atoms with E-state index in [0.717, 1.165) is 28.2 Å². The van der Waals surface area contributed by atoms with Gasteiger partial charge in [-0.3, -0.25) is 9.38 Å². The predicted octanol–water partition coefficient (Wildman–Crippen LogP) is 4.24. The second-order valence-electron chi connectivity index (χ2n) is 5.70. The van der Waals surface area contributed by atoms with Crippen molar-refractivity contribution in [1.82, 2.24) is 14.4 Å². The van der Waals surface area contributed by atoms with E-state index in [4.69, 9.17) is 5.26 Å². The molecule has 0 aliphatic rings. The van der Waals surface area contributed by atoms with Crippen LogP contribution in [0.25, 0.3) is 28.2 Å². The van der Waals surface area contributed by atoms with Crippen molar-refractivity contribution in [2.45, 2.75) is 6.92 Å². The molecule has 2 heterocycles. The van der Waals surface area contributed by atoms with E-state index in [0.29, 0.717) is 5.56 Å². The van der Waals surface area contributed by atoms with E-state index in [-0.39, 0.29) is 0 Å². The van der Waals surface area contributed by atoms with Crippen LogP contribution in [0.15, 0.2) is 67.1 Å². The van der Waals surface area contributed by atoms with Crippen molar-refractivity contribution in [3.05, 3.63) is 78.2 Å². The van der Waals surface area contributed by atoms with E-state index in [1.165, 1.54) is 5.56 Å². The van der Waals surface area contributed by atoms with E-state index in [1.807, 2.05) is 47.1 Å². The van der Waals surface area contributed by atoms with Crippen molar-refractivity contribution in [2.75, 3.05) is 0 Å². The summed E-state index contributed by atoms with van der Waals surface area (Å²) < 4.78 is 2.03. The largest absolute Gasteiger partial charge is 0.296 e. The molecule has 0 fully saturated rings. The summed E-state index contributed by atoms with van der Waals surface area (Å²) >= 11 is 0. The van der Waals surface area contributed by atoms with Crippen LogP contribution in [0.5, 0.6) is 0 Å². The second kappa shape index (κ2) is 5.64. The van der Waals surface area contributed by atoms with Gasteiger partial charge < -0.3 is 0 Å². The summed E-state index contributed by atoms with van der Waals surface area (Å²) in [5.41, 5.74) is 6.62. The van der Waals surface area contributed by atoms with Crippen molar-refractivity contribution in [2.24, 2.45) is 0 Å². The average Bonchev–Trinajstić information content (AvgIpc) is 3.05. The van der Waals surface area contributed by atoms with Gasteiger partial charge in [-0.15, -0.1) is 0 Å². The number of nitrogens with zero attached hydrogens (tertiary/aromatic N) is 4. The Morgan fingerprint density at radius 2 is 1.79 bits per heavy atom. The molecule has 4 rings (SSSR count). The molecule has 0 atom stereocenters. The highest BCUT2D eigenvalue weighted by Crippen LogP contribution is 2.24. The van der Waals surface area contributed by atoms with Crippen LogP contribution in [-0.2, 0) is 0 Å². The van der Waals surface area contributed by atoms with E-state index in [9.17, 15) is 0 Å². The Bertz CT molecular complexity index is 1070. The lowest BCUT2D eigenvalue weighted by atomic mass is 10.1. The van der Waals surface area contributed by atoms with Crippen molar-refractivity contribution in [1.29, 1.82) is 5.26 Å². The van der Waals surface area contributed by atoms with Gasteiger partial charge in [-0.2, -0.15) is 5.26 Å². The molecule has 2 aromatic heterocycles. The number of benzene rings is 2. The Hall–Kier alpha value is -3.45. The lowest BCUT2D eigenvalue weighted by Crippen LogP contribution is -1.93. The van der Waals surface area contributed by atoms with Gasteiger partial charge in [-0.25, -0.2) is 4.98 Å². The topological polar surface area (TPSA) is 54.0 Å². The average molecular weight is 310 g/mol. The van der Waals surface area contributed by atoms with Crippen molar-refractivity contribution in [3.8, 4) is 28.6 Å². The molecule has 0 aliphatic heterocycles. The van der Waals surface area contributed by atoms with E-state index in [1.54, 1.807) is 6.20 Å². The minimum atomic E-state index is 0.648. The summed E-state index contributed by atoms with van der Waals surface area (Å²) in [6.45, 7) is 2.07. The van der Waals surface area contributed by atoms with Gasteiger partial charge in [0, 0.05) is 17.3 Å². The molecule has 4 heteroatoms. The number of rotatable bonds is 2. The molecule has 0 spiro atoms. The maximum atomic E-state index is 8.94. The first-order valence-corrected chi connectivity index (χ1v) is 7.65. The minimum absolute atomic E-state index is 0.648. The summed E-state index contributed by atoms with van der Waals surface area (Å²) in [6.07, 6.45) is 5.62. The Kier molecular flexibility index (Phi) is 3.33. The fraction of sp³-hybridized carbons (Fsp3) is 0.0500. The molecule has 0 unspecified atom stereocenters. The molecule has 0 bridgehead atoms. The van der Waals surface area contributed by atoms with Crippen LogP contribution in [0.4, 0.5) is 0 Å². The number of fused-ring (bicyclic) bond motifs is 1. The summed E-state index contributed by atoms with van der Waals surface area (Å²) in [7, 11) is 0. The molecule has 0 aliphatic carbocycles. The smallest absolute Gasteiger partial charge is 0.155 e. The first-order chi connectivity index (χ1) is 11.7. The molecule has 0 amide bonds. The van der Waals surface area contributed by atoms with Crippen LogP contribution in [0.3, 0.4) is 0 Å². The third-order valence-corrected chi connectivity index (χ3v) is 4.02. The maximum absolute atomic E-state index is 8.94. The normalized spacial score (nSPS) is 10.7. The highest BCUT2D eigenvalue weighted by molar-refractivity contribution is 5.67. The van der Waals surface area contributed by atoms with Crippen LogP contribution in [-0.4, -0.2) is 14.4 Å². The van der Waals surface area contributed by atoms with Crippen LogP contribution in [0.2, 0.25) is 0 Å². The van der Waals surface area contributed by atoms with Crippen molar-refractivity contribution < 1.29 is 0 Å². The highest BCUT2D eigenvalue weighted by atomic mass is 15.0. The summed E-state index contributed by atoms with van der Waals surface area (Å²) in [6, 6.07) is 17.9. The fourth-order valence-electron chi connectivity index (χ4n) is 2.77. The zero-order chi connectivity index (χ0) is 16.5. The standard InChI is InChI=1S/C20H14N4/c1-14-3-2-4-17(9-14)18-13-24-19(11-23-20(24)12-22-18)16-7-5-15(10-21)6-8-16/h2-9,11-13H,1H3. The molecule has 0 radical (unpaired) electrons. The molecule has 114 valence electrons. The van der Waals surface area contributed by atoms with Gasteiger partial charge in [0.2, 0.25) is 0 Å². The lowest BCUT2D eigenvalue weighted by Gasteiger charge is -2.06. The number of hydrogen-bond acceptors (Lipinski definition) is 3. The third kappa shape index (κ3) is 2.42. The van der Waals surface area contributed by atoms with Crippen LogP contribution < -0.4 is 0 Å². The SMILES string of the molecule is Cc1cccc(-c2cn3c(-c4ccc(C#N)cc4)cnc3cn2)c1. The van der Waals surface area contributed by atoms with Gasteiger partial charge in [0.15, 0.2) is 5.65 Å². The van der Waals surface area contributed by atoms with Gasteiger partial charge in [-0.1, -0.05) is 35.9 Å². The number of hydrogen-bond donors (Lipinski definition) is 0. The Morgan fingerprint density at radius 1 is 0.958 bits per heavy atom. The van der Waals surface area contributed by atoms with Crippen molar-refractivity contribution in [3.63, 3.8) is 0 Å². The highest BCUT2D eigenvalue weighted by Gasteiger charge is 2.08.